The van der Waals surface area contributed by atoms with Gasteiger partial charge in [-0.2, -0.15) is 0 Å². The summed E-state index contributed by atoms with van der Waals surface area (Å²) in [6.07, 6.45) is 0.910. The van der Waals surface area contributed by atoms with Gasteiger partial charge >= 0.3 is 0 Å². The number of amides is 2. The Morgan fingerprint density at radius 1 is 0.822 bits per heavy atom. The Balaban J connectivity index is 1.82. The van der Waals surface area contributed by atoms with E-state index in [2.05, 4.69) is 5.32 Å². The Morgan fingerprint density at radius 3 is 2.11 bits per heavy atom. The van der Waals surface area contributed by atoms with Crippen LogP contribution in [-0.2, 0) is 32.6 Å². The van der Waals surface area contributed by atoms with E-state index in [4.69, 9.17) is 23.2 Å². The first-order chi connectivity index (χ1) is 21.5. The molecule has 0 heterocycles. The van der Waals surface area contributed by atoms with Crippen molar-refractivity contribution in [1.82, 2.24) is 10.2 Å². The number of halogens is 2. The van der Waals surface area contributed by atoms with Crippen LogP contribution in [0.5, 0.6) is 0 Å². The zero-order valence-electron chi connectivity index (χ0n) is 25.5. The average molecular weight is 667 g/mol. The molecule has 0 unspecified atom stereocenters. The van der Waals surface area contributed by atoms with Crippen LogP contribution in [0, 0.1) is 6.92 Å². The number of carbonyl (C=O) groups excluding carboxylic acids is 2. The predicted octanol–water partition coefficient (Wildman–Crippen LogP) is 7.05. The number of hydrogen-bond acceptors (Lipinski definition) is 4. The molecule has 10 heteroatoms. The van der Waals surface area contributed by atoms with E-state index in [9.17, 15) is 18.0 Å². The number of anilines is 1. The van der Waals surface area contributed by atoms with Gasteiger partial charge in [0.1, 0.15) is 12.6 Å². The molecule has 1 N–H and O–H groups in total. The fourth-order valence-electron chi connectivity index (χ4n) is 4.86. The van der Waals surface area contributed by atoms with E-state index in [1.165, 1.54) is 17.0 Å². The van der Waals surface area contributed by atoms with E-state index in [-0.39, 0.29) is 29.8 Å². The first-order valence-corrected chi connectivity index (χ1v) is 16.9. The van der Waals surface area contributed by atoms with E-state index in [0.717, 1.165) is 15.4 Å². The standard InChI is InChI=1S/C35H37Cl2N3O4S/c1-4-26(3)38-35(42)33(22-27-13-7-5-8-14-27)39(23-28-18-19-31(36)32(37)21-28)34(41)24-40(29-15-11-12-25(2)20-29)45(43,44)30-16-9-6-10-17-30/h5-21,26,33H,4,22-24H2,1-3H3,(H,38,42)/t26-,33-/m1/s1. The highest BCUT2D eigenvalue weighted by Gasteiger charge is 2.35. The third-order valence-electron chi connectivity index (χ3n) is 7.51. The van der Waals surface area contributed by atoms with Gasteiger partial charge in [0.05, 0.1) is 20.6 Å². The van der Waals surface area contributed by atoms with Crippen LogP contribution in [0.25, 0.3) is 0 Å². The van der Waals surface area contributed by atoms with Gasteiger partial charge in [0, 0.05) is 19.0 Å². The molecule has 0 bridgehead atoms. The molecule has 0 fully saturated rings. The predicted molar refractivity (Wildman–Crippen MR) is 181 cm³/mol. The Hall–Kier alpha value is -3.85. The normalized spacial score (nSPS) is 12.6. The van der Waals surface area contributed by atoms with Crippen molar-refractivity contribution in [2.75, 3.05) is 10.8 Å². The second-order valence-electron chi connectivity index (χ2n) is 11.0. The van der Waals surface area contributed by atoms with Gasteiger partial charge in [-0.1, -0.05) is 96.9 Å². The fourth-order valence-corrected chi connectivity index (χ4v) is 6.61. The molecular weight excluding hydrogens is 629 g/mol. The number of rotatable bonds is 13. The fraction of sp³-hybridized carbons (Fsp3) is 0.257. The van der Waals surface area contributed by atoms with Gasteiger partial charge in [0.15, 0.2) is 0 Å². The van der Waals surface area contributed by atoms with Crippen molar-refractivity contribution in [1.29, 1.82) is 0 Å². The molecule has 0 aliphatic rings. The molecule has 0 saturated carbocycles. The lowest BCUT2D eigenvalue weighted by molar-refractivity contribution is -0.140. The topological polar surface area (TPSA) is 86.8 Å². The van der Waals surface area contributed by atoms with Crippen molar-refractivity contribution in [2.45, 2.75) is 57.1 Å². The second-order valence-corrected chi connectivity index (χ2v) is 13.6. The summed E-state index contributed by atoms with van der Waals surface area (Å²) in [7, 11) is -4.17. The van der Waals surface area contributed by atoms with E-state index >= 15 is 0 Å². The molecule has 7 nitrogen and oxygen atoms in total. The van der Waals surface area contributed by atoms with Crippen LogP contribution in [0.15, 0.2) is 108 Å². The summed E-state index contributed by atoms with van der Waals surface area (Å²) in [6.45, 7) is 5.17. The number of nitrogens with one attached hydrogen (secondary N) is 1. The number of carbonyl (C=O) groups is 2. The van der Waals surface area contributed by atoms with Gasteiger partial charge in [0.25, 0.3) is 10.0 Å². The Labute approximate surface area is 275 Å². The highest BCUT2D eigenvalue weighted by atomic mass is 35.5. The van der Waals surface area contributed by atoms with Crippen molar-refractivity contribution in [3.8, 4) is 0 Å². The molecule has 0 saturated heterocycles. The monoisotopic (exact) mass is 665 g/mol. The summed E-state index contributed by atoms with van der Waals surface area (Å²) in [6, 6.07) is 28.3. The van der Waals surface area contributed by atoms with Gasteiger partial charge < -0.3 is 10.2 Å². The van der Waals surface area contributed by atoms with Crippen molar-refractivity contribution >= 4 is 50.7 Å². The first-order valence-electron chi connectivity index (χ1n) is 14.7. The summed E-state index contributed by atoms with van der Waals surface area (Å²) < 4.78 is 29.2. The third-order valence-corrected chi connectivity index (χ3v) is 10.0. The Bertz CT molecular complexity index is 1720. The lowest BCUT2D eigenvalue weighted by Crippen LogP contribution is -2.54. The van der Waals surface area contributed by atoms with E-state index < -0.39 is 28.5 Å². The van der Waals surface area contributed by atoms with Crippen molar-refractivity contribution < 1.29 is 18.0 Å². The molecule has 2 atom stereocenters. The quantitative estimate of drug-likeness (QED) is 0.166. The minimum atomic E-state index is -4.17. The van der Waals surface area contributed by atoms with Crippen LogP contribution in [0.2, 0.25) is 10.0 Å². The SMILES string of the molecule is CC[C@@H](C)NC(=O)[C@@H](Cc1ccccc1)N(Cc1ccc(Cl)c(Cl)c1)C(=O)CN(c1cccc(C)c1)S(=O)(=O)c1ccccc1. The zero-order valence-corrected chi connectivity index (χ0v) is 27.8. The highest BCUT2D eigenvalue weighted by Crippen LogP contribution is 2.27. The summed E-state index contributed by atoms with van der Waals surface area (Å²) in [5.41, 5.74) is 2.66. The maximum Gasteiger partial charge on any atom is 0.264 e. The molecule has 0 radical (unpaired) electrons. The molecule has 4 rings (SSSR count). The number of hydrogen-bond donors (Lipinski definition) is 1. The molecule has 2 amide bonds. The molecule has 0 aliphatic carbocycles. The molecular formula is C35H37Cl2N3O4S. The van der Waals surface area contributed by atoms with Gasteiger partial charge in [-0.3, -0.25) is 13.9 Å². The van der Waals surface area contributed by atoms with Gasteiger partial charge in [-0.25, -0.2) is 8.42 Å². The largest absolute Gasteiger partial charge is 0.352 e. The number of sulfonamides is 1. The number of nitrogens with zero attached hydrogens (tertiary/aromatic N) is 2. The summed E-state index contributed by atoms with van der Waals surface area (Å²) in [5, 5.41) is 3.69. The minimum Gasteiger partial charge on any atom is -0.352 e. The van der Waals surface area contributed by atoms with Crippen LogP contribution < -0.4 is 9.62 Å². The molecule has 0 spiro atoms. The number of aryl methyl sites for hydroxylation is 1. The van der Waals surface area contributed by atoms with Crippen LogP contribution in [0.3, 0.4) is 0 Å². The molecule has 0 aliphatic heterocycles. The maximum atomic E-state index is 14.5. The van der Waals surface area contributed by atoms with Crippen molar-refractivity contribution in [2.24, 2.45) is 0 Å². The van der Waals surface area contributed by atoms with Crippen LogP contribution in [0.1, 0.15) is 37.0 Å². The number of benzene rings is 4. The van der Waals surface area contributed by atoms with Gasteiger partial charge in [0.2, 0.25) is 11.8 Å². The third kappa shape index (κ3) is 8.87. The van der Waals surface area contributed by atoms with Crippen LogP contribution in [-0.4, -0.2) is 43.8 Å². The first kappa shape index (κ1) is 34.0. The van der Waals surface area contributed by atoms with Crippen molar-refractivity contribution in [3.63, 3.8) is 0 Å². The summed E-state index contributed by atoms with van der Waals surface area (Å²) in [4.78, 5) is 29.9. The lowest BCUT2D eigenvalue weighted by Gasteiger charge is -2.34. The molecule has 45 heavy (non-hydrogen) atoms. The van der Waals surface area contributed by atoms with E-state index in [1.807, 2.05) is 57.2 Å². The summed E-state index contributed by atoms with van der Waals surface area (Å²) >= 11 is 12.5. The van der Waals surface area contributed by atoms with E-state index in [0.29, 0.717) is 27.7 Å². The van der Waals surface area contributed by atoms with Crippen molar-refractivity contribution in [3.05, 3.63) is 130 Å². The highest BCUT2D eigenvalue weighted by molar-refractivity contribution is 7.92. The minimum absolute atomic E-state index is 0.00576. The molecule has 4 aromatic carbocycles. The van der Waals surface area contributed by atoms with E-state index in [1.54, 1.807) is 54.6 Å². The average Bonchev–Trinajstić information content (AvgIpc) is 3.03. The maximum absolute atomic E-state index is 14.5. The van der Waals surface area contributed by atoms with Gasteiger partial charge in [-0.15, -0.1) is 0 Å². The lowest BCUT2D eigenvalue weighted by atomic mass is 10.0. The Kier molecular flexibility index (Phi) is 11.7. The molecule has 236 valence electrons. The molecule has 0 aromatic heterocycles. The smallest absolute Gasteiger partial charge is 0.264 e. The van der Waals surface area contributed by atoms with Crippen LogP contribution in [0.4, 0.5) is 5.69 Å². The summed E-state index contributed by atoms with van der Waals surface area (Å²) in [5.74, 6) is -0.892. The Morgan fingerprint density at radius 2 is 1.49 bits per heavy atom. The zero-order chi connectivity index (χ0) is 32.6. The van der Waals surface area contributed by atoms with Crippen LogP contribution >= 0.6 is 23.2 Å². The molecule has 4 aromatic rings. The second kappa shape index (κ2) is 15.4. The van der Waals surface area contributed by atoms with Gasteiger partial charge in [-0.05, 0) is 73.4 Å².